The lowest BCUT2D eigenvalue weighted by atomic mass is 9.92. The number of para-hydroxylation sites is 1. The molecule has 9 nitrogen and oxygen atoms in total. The van der Waals surface area contributed by atoms with Crippen LogP contribution in [-0.2, 0) is 4.79 Å². The minimum Gasteiger partial charge on any atom is -0.481 e. The summed E-state index contributed by atoms with van der Waals surface area (Å²) in [7, 11) is 0. The fraction of sp³-hybridized carbons (Fsp3) is 0.474. The Labute approximate surface area is 172 Å². The molecule has 2 aromatic rings. The molecule has 0 aliphatic carbocycles. The second-order valence-corrected chi connectivity index (χ2v) is 8.09. The number of carbonyl (C=O) groups is 3. The lowest BCUT2D eigenvalue weighted by Crippen LogP contribution is -2.56. The molecule has 2 atom stereocenters. The molecule has 1 aliphatic heterocycles. The number of fused-ring (bicyclic) bond motifs is 1. The molecule has 1 aromatic carbocycles. The van der Waals surface area contributed by atoms with E-state index < -0.39 is 29.9 Å². The van der Waals surface area contributed by atoms with Crippen molar-refractivity contribution >= 4 is 40.6 Å². The van der Waals surface area contributed by atoms with Crippen LogP contribution in [0, 0.1) is 11.8 Å². The predicted octanol–water partition coefficient (Wildman–Crippen LogP) is 2.77. The standard InChI is InChI=1S/C19H23ClN4O5/c1-10(2)7-24(12-6-11(18(26)27)8-23(9-12)19(28)29)17(25)16-21-14-5-3-4-13(20)15(14)22-16/h3-5,10-12H,6-9H2,1-2H3,(H,21,22)(H,26,27)(H,28,29)/t11-,12+/m1/s1. The molecule has 1 aromatic heterocycles. The lowest BCUT2D eigenvalue weighted by Gasteiger charge is -2.41. The van der Waals surface area contributed by atoms with Gasteiger partial charge in [0.15, 0.2) is 5.82 Å². The number of likely N-dealkylation sites (tertiary alicyclic amines) is 1. The van der Waals surface area contributed by atoms with Crippen molar-refractivity contribution in [2.24, 2.45) is 11.8 Å². The summed E-state index contributed by atoms with van der Waals surface area (Å²) in [5, 5.41) is 19.3. The molecular formula is C19H23ClN4O5. The third-order valence-corrected chi connectivity index (χ3v) is 5.28. The van der Waals surface area contributed by atoms with Crippen LogP contribution in [-0.4, -0.2) is 73.6 Å². The molecule has 3 N–H and O–H groups in total. The smallest absolute Gasteiger partial charge is 0.407 e. The Kier molecular flexibility index (Phi) is 5.97. The van der Waals surface area contributed by atoms with Gasteiger partial charge in [-0.05, 0) is 24.5 Å². The Hall–Kier alpha value is -2.81. The summed E-state index contributed by atoms with van der Waals surface area (Å²) < 4.78 is 0. The zero-order chi connectivity index (χ0) is 21.3. The van der Waals surface area contributed by atoms with Crippen LogP contribution in [0.1, 0.15) is 30.9 Å². The van der Waals surface area contributed by atoms with E-state index in [4.69, 9.17) is 11.6 Å². The van der Waals surface area contributed by atoms with Gasteiger partial charge in [0.05, 0.1) is 22.5 Å². The number of H-pyrrole nitrogens is 1. The van der Waals surface area contributed by atoms with Crippen LogP contribution in [0.5, 0.6) is 0 Å². The number of carboxylic acid groups (broad SMARTS) is 2. The summed E-state index contributed by atoms with van der Waals surface area (Å²) in [4.78, 5) is 46.2. The van der Waals surface area contributed by atoms with Crippen molar-refractivity contribution in [1.82, 2.24) is 19.8 Å². The van der Waals surface area contributed by atoms with Gasteiger partial charge in [-0.3, -0.25) is 9.59 Å². The van der Waals surface area contributed by atoms with E-state index in [0.29, 0.717) is 22.6 Å². The Morgan fingerprint density at radius 1 is 1.31 bits per heavy atom. The first kappa shape index (κ1) is 20.9. The van der Waals surface area contributed by atoms with E-state index >= 15 is 0 Å². The largest absolute Gasteiger partial charge is 0.481 e. The maximum Gasteiger partial charge on any atom is 0.407 e. The van der Waals surface area contributed by atoms with E-state index in [2.05, 4.69) is 9.97 Å². The Morgan fingerprint density at radius 2 is 2.03 bits per heavy atom. The molecule has 29 heavy (non-hydrogen) atoms. The molecular weight excluding hydrogens is 400 g/mol. The number of carboxylic acids is 1. The highest BCUT2D eigenvalue weighted by Crippen LogP contribution is 2.26. The normalized spacial score (nSPS) is 19.5. The third-order valence-electron chi connectivity index (χ3n) is 4.98. The predicted molar refractivity (Wildman–Crippen MR) is 106 cm³/mol. The van der Waals surface area contributed by atoms with Crippen molar-refractivity contribution in [2.45, 2.75) is 26.3 Å². The fourth-order valence-corrected chi connectivity index (χ4v) is 3.88. The molecule has 1 aliphatic rings. The van der Waals surface area contributed by atoms with Crippen LogP contribution in [0.25, 0.3) is 11.0 Å². The van der Waals surface area contributed by atoms with Gasteiger partial charge in [-0.1, -0.05) is 31.5 Å². The maximum atomic E-state index is 13.3. The van der Waals surface area contributed by atoms with Crippen LogP contribution >= 0.6 is 11.6 Å². The van der Waals surface area contributed by atoms with Gasteiger partial charge in [0.25, 0.3) is 5.91 Å². The number of amides is 2. The average molecular weight is 423 g/mol. The summed E-state index contributed by atoms with van der Waals surface area (Å²) >= 11 is 6.15. The zero-order valence-electron chi connectivity index (χ0n) is 16.1. The van der Waals surface area contributed by atoms with E-state index in [1.165, 1.54) is 4.90 Å². The van der Waals surface area contributed by atoms with Crippen LogP contribution in [0.3, 0.4) is 0 Å². The quantitative estimate of drug-likeness (QED) is 0.679. The lowest BCUT2D eigenvalue weighted by molar-refractivity contribution is -0.144. The minimum atomic E-state index is -1.20. The zero-order valence-corrected chi connectivity index (χ0v) is 16.9. The number of hydrogen-bond acceptors (Lipinski definition) is 4. The monoisotopic (exact) mass is 422 g/mol. The van der Waals surface area contributed by atoms with E-state index in [9.17, 15) is 24.6 Å². The van der Waals surface area contributed by atoms with Crippen LogP contribution in [0.4, 0.5) is 4.79 Å². The van der Waals surface area contributed by atoms with Crippen molar-refractivity contribution < 1.29 is 24.6 Å². The van der Waals surface area contributed by atoms with Crippen LogP contribution in [0.15, 0.2) is 18.2 Å². The Bertz CT molecular complexity index is 922. The average Bonchev–Trinajstić information content (AvgIpc) is 3.10. The minimum absolute atomic E-state index is 0.0541. The summed E-state index contributed by atoms with van der Waals surface area (Å²) in [6.07, 6.45) is -1.02. The van der Waals surface area contributed by atoms with Crippen LogP contribution < -0.4 is 0 Å². The molecule has 1 fully saturated rings. The van der Waals surface area contributed by atoms with Crippen molar-refractivity contribution in [3.05, 3.63) is 29.0 Å². The van der Waals surface area contributed by atoms with Crippen molar-refractivity contribution in [3.63, 3.8) is 0 Å². The van der Waals surface area contributed by atoms with Gasteiger partial charge >= 0.3 is 12.1 Å². The van der Waals surface area contributed by atoms with Crippen LogP contribution in [0.2, 0.25) is 5.02 Å². The molecule has 156 valence electrons. The van der Waals surface area contributed by atoms with Gasteiger partial charge in [0.2, 0.25) is 0 Å². The number of nitrogens with one attached hydrogen (secondary N) is 1. The van der Waals surface area contributed by atoms with Gasteiger partial charge in [-0.2, -0.15) is 0 Å². The van der Waals surface area contributed by atoms with E-state index in [0.717, 1.165) is 4.90 Å². The number of nitrogens with zero attached hydrogens (tertiary/aromatic N) is 3. The van der Waals surface area contributed by atoms with Gasteiger partial charge in [0.1, 0.15) is 5.52 Å². The first-order chi connectivity index (χ1) is 13.7. The summed E-state index contributed by atoms with van der Waals surface area (Å²) in [5.41, 5.74) is 1.09. The molecule has 3 rings (SSSR count). The van der Waals surface area contributed by atoms with E-state index in [1.807, 2.05) is 13.8 Å². The SMILES string of the molecule is CC(C)CN(C(=O)c1nc2c(Cl)cccc2[nH]1)[C@H]1C[C@@H](C(=O)O)CN(C(=O)O)C1. The first-order valence-electron chi connectivity index (χ1n) is 9.33. The first-order valence-corrected chi connectivity index (χ1v) is 9.71. The molecule has 2 amide bonds. The number of aliphatic carboxylic acids is 1. The summed E-state index contributed by atoms with van der Waals surface area (Å²) in [6, 6.07) is 4.60. The molecule has 0 unspecified atom stereocenters. The number of piperidine rings is 1. The molecule has 0 radical (unpaired) electrons. The number of hydrogen-bond donors (Lipinski definition) is 3. The molecule has 0 spiro atoms. The van der Waals surface area contributed by atoms with Gasteiger partial charge in [-0.15, -0.1) is 0 Å². The second kappa shape index (κ2) is 8.28. The number of aromatic nitrogens is 2. The number of imidazole rings is 1. The van der Waals surface area contributed by atoms with Crippen molar-refractivity contribution in [3.8, 4) is 0 Å². The number of carbonyl (C=O) groups excluding carboxylic acids is 1. The maximum absolute atomic E-state index is 13.3. The summed E-state index contributed by atoms with van der Waals surface area (Å²) in [5.74, 6) is -2.18. The summed E-state index contributed by atoms with van der Waals surface area (Å²) in [6.45, 7) is 4.17. The van der Waals surface area contributed by atoms with Crippen molar-refractivity contribution in [2.75, 3.05) is 19.6 Å². The topological polar surface area (TPSA) is 127 Å². The molecule has 0 bridgehead atoms. The number of rotatable bonds is 5. The van der Waals surface area contributed by atoms with Gasteiger partial charge < -0.3 is 25.0 Å². The molecule has 0 saturated carbocycles. The third kappa shape index (κ3) is 4.45. The van der Waals surface area contributed by atoms with Gasteiger partial charge in [-0.25, -0.2) is 9.78 Å². The number of halogens is 1. The number of aromatic amines is 1. The van der Waals surface area contributed by atoms with E-state index in [-0.39, 0.29) is 31.3 Å². The molecule has 1 saturated heterocycles. The molecule has 10 heteroatoms. The molecule has 2 heterocycles. The van der Waals surface area contributed by atoms with Crippen molar-refractivity contribution in [1.29, 1.82) is 0 Å². The number of benzene rings is 1. The Morgan fingerprint density at radius 3 is 2.62 bits per heavy atom. The van der Waals surface area contributed by atoms with Gasteiger partial charge in [0, 0.05) is 19.6 Å². The fourth-order valence-electron chi connectivity index (χ4n) is 3.66. The highest BCUT2D eigenvalue weighted by molar-refractivity contribution is 6.35. The Balaban J connectivity index is 1.95. The highest BCUT2D eigenvalue weighted by Gasteiger charge is 2.39. The van der Waals surface area contributed by atoms with E-state index in [1.54, 1.807) is 18.2 Å². The highest BCUT2D eigenvalue weighted by atomic mass is 35.5. The second-order valence-electron chi connectivity index (χ2n) is 7.69.